The molecule has 0 aliphatic heterocycles. The Labute approximate surface area is 418 Å². The van der Waals surface area contributed by atoms with Crippen molar-refractivity contribution in [2.75, 3.05) is 13.2 Å². The minimum atomic E-state index is -0.838. The molecule has 1 unspecified atom stereocenters. The van der Waals surface area contributed by atoms with Gasteiger partial charge in [-0.25, -0.2) is 0 Å². The maximum atomic E-state index is 12.8. The van der Waals surface area contributed by atoms with Crippen molar-refractivity contribution in [3.63, 3.8) is 0 Å². The lowest BCUT2D eigenvalue weighted by Crippen LogP contribution is -2.30. The highest BCUT2D eigenvalue weighted by Gasteiger charge is 2.19. The molecule has 0 spiro atoms. The van der Waals surface area contributed by atoms with Crippen LogP contribution in [0.5, 0.6) is 0 Å². The largest absolute Gasteiger partial charge is 0.462 e. The fourth-order valence-corrected chi connectivity index (χ4v) is 7.12. The Hall–Kier alpha value is -4.19. The number of unbranched alkanes of at least 4 members (excludes halogenated alkanes) is 17. The van der Waals surface area contributed by atoms with Gasteiger partial charge in [0, 0.05) is 19.3 Å². The molecular weight excluding hydrogens is 841 g/mol. The molecular formula is C62H100O6. The Bertz CT molecular complexity index is 1450. The van der Waals surface area contributed by atoms with Crippen LogP contribution in [0.2, 0.25) is 0 Å². The first-order valence-corrected chi connectivity index (χ1v) is 27.5. The summed E-state index contributed by atoms with van der Waals surface area (Å²) >= 11 is 0. The molecule has 0 radical (unpaired) electrons. The van der Waals surface area contributed by atoms with Crippen LogP contribution in [0.25, 0.3) is 0 Å². The SMILES string of the molecule is CC/C=C\C/C=C\C/C=C\C/C=C\C/C=C\CCC(=O)OC(COC(=O)CCCCC/C=C\C/C=C\C/C=C\C/C=C\CC)COC(=O)CCCCCCC/C=C\CCCCCCCCCCC. The summed E-state index contributed by atoms with van der Waals surface area (Å²) in [7, 11) is 0. The average Bonchev–Trinajstić information content (AvgIpc) is 3.34. The molecule has 0 saturated heterocycles. The lowest BCUT2D eigenvalue weighted by molar-refractivity contribution is -0.166. The highest BCUT2D eigenvalue weighted by atomic mass is 16.6. The molecule has 6 nitrogen and oxygen atoms in total. The molecule has 1 atom stereocenters. The highest BCUT2D eigenvalue weighted by molar-refractivity contribution is 5.71. The molecule has 0 aromatic heterocycles. The van der Waals surface area contributed by atoms with Gasteiger partial charge in [-0.3, -0.25) is 14.4 Å². The molecule has 0 aromatic carbocycles. The summed E-state index contributed by atoms with van der Waals surface area (Å²) in [6.07, 6.45) is 76.3. The van der Waals surface area contributed by atoms with Gasteiger partial charge in [0.15, 0.2) is 6.10 Å². The van der Waals surface area contributed by atoms with E-state index in [-0.39, 0.29) is 31.6 Å². The van der Waals surface area contributed by atoms with Crippen molar-refractivity contribution < 1.29 is 28.6 Å². The van der Waals surface area contributed by atoms with Crippen LogP contribution in [-0.4, -0.2) is 37.2 Å². The Morgan fingerprint density at radius 2 is 0.603 bits per heavy atom. The normalized spacial score (nSPS) is 13.0. The fraction of sp³-hybridized carbons (Fsp3) is 0.629. The molecule has 384 valence electrons. The molecule has 0 rings (SSSR count). The summed E-state index contributed by atoms with van der Waals surface area (Å²) in [4.78, 5) is 38.1. The van der Waals surface area contributed by atoms with Crippen molar-refractivity contribution in [3.05, 3.63) is 122 Å². The second-order valence-corrected chi connectivity index (χ2v) is 17.7. The van der Waals surface area contributed by atoms with E-state index in [9.17, 15) is 14.4 Å². The third-order valence-electron chi connectivity index (χ3n) is 11.2. The molecule has 0 saturated carbocycles. The van der Waals surface area contributed by atoms with Crippen molar-refractivity contribution in [2.45, 2.75) is 239 Å². The Balaban J connectivity index is 4.56. The number of allylic oxidation sites excluding steroid dienone is 20. The number of esters is 3. The van der Waals surface area contributed by atoms with Crippen molar-refractivity contribution in [2.24, 2.45) is 0 Å². The maximum absolute atomic E-state index is 12.8. The van der Waals surface area contributed by atoms with Crippen LogP contribution in [-0.2, 0) is 28.6 Å². The third-order valence-corrected chi connectivity index (χ3v) is 11.2. The molecule has 0 aliphatic rings. The van der Waals surface area contributed by atoms with E-state index in [1.807, 2.05) is 12.2 Å². The van der Waals surface area contributed by atoms with Gasteiger partial charge in [0.2, 0.25) is 0 Å². The van der Waals surface area contributed by atoms with Gasteiger partial charge < -0.3 is 14.2 Å². The van der Waals surface area contributed by atoms with Crippen molar-refractivity contribution >= 4 is 17.9 Å². The molecule has 0 aromatic rings. The number of carbonyl (C=O) groups excluding carboxylic acids is 3. The van der Waals surface area contributed by atoms with Gasteiger partial charge in [-0.1, -0.05) is 219 Å². The summed E-state index contributed by atoms with van der Waals surface area (Å²) < 4.78 is 16.7. The van der Waals surface area contributed by atoms with Crippen molar-refractivity contribution in [1.29, 1.82) is 0 Å². The number of carbonyl (C=O) groups is 3. The van der Waals surface area contributed by atoms with E-state index >= 15 is 0 Å². The lowest BCUT2D eigenvalue weighted by atomic mass is 10.1. The summed E-state index contributed by atoms with van der Waals surface area (Å²) in [5.74, 6) is -1.05. The van der Waals surface area contributed by atoms with Gasteiger partial charge in [-0.2, -0.15) is 0 Å². The van der Waals surface area contributed by atoms with Crippen LogP contribution >= 0.6 is 0 Å². The predicted octanol–water partition coefficient (Wildman–Crippen LogP) is 18.5. The highest BCUT2D eigenvalue weighted by Crippen LogP contribution is 2.13. The molecule has 68 heavy (non-hydrogen) atoms. The zero-order valence-electron chi connectivity index (χ0n) is 43.8. The topological polar surface area (TPSA) is 78.9 Å². The smallest absolute Gasteiger partial charge is 0.306 e. The van der Waals surface area contributed by atoms with Crippen molar-refractivity contribution in [3.8, 4) is 0 Å². The lowest BCUT2D eigenvalue weighted by Gasteiger charge is -2.18. The van der Waals surface area contributed by atoms with Gasteiger partial charge in [0.1, 0.15) is 13.2 Å². The Morgan fingerprint density at radius 3 is 0.985 bits per heavy atom. The zero-order chi connectivity index (χ0) is 49.3. The van der Waals surface area contributed by atoms with Gasteiger partial charge in [-0.05, 0) is 116 Å². The van der Waals surface area contributed by atoms with Crippen LogP contribution < -0.4 is 0 Å². The van der Waals surface area contributed by atoms with Crippen LogP contribution in [0.1, 0.15) is 233 Å². The summed E-state index contributed by atoms with van der Waals surface area (Å²) in [5.41, 5.74) is 0. The first kappa shape index (κ1) is 63.8. The first-order chi connectivity index (χ1) is 33.5. The van der Waals surface area contributed by atoms with Crippen LogP contribution in [0.3, 0.4) is 0 Å². The minimum absolute atomic E-state index is 0.125. The zero-order valence-corrected chi connectivity index (χ0v) is 43.8. The van der Waals surface area contributed by atoms with E-state index in [2.05, 4.69) is 130 Å². The summed E-state index contributed by atoms with van der Waals surface area (Å²) in [6.45, 7) is 6.31. The molecule has 0 N–H and O–H groups in total. The van der Waals surface area contributed by atoms with E-state index in [1.54, 1.807) is 0 Å². The van der Waals surface area contributed by atoms with Gasteiger partial charge in [-0.15, -0.1) is 0 Å². The number of ether oxygens (including phenoxy) is 3. The summed E-state index contributed by atoms with van der Waals surface area (Å²) in [5, 5.41) is 0. The second kappa shape index (κ2) is 55.4. The maximum Gasteiger partial charge on any atom is 0.306 e. The number of hydrogen-bond donors (Lipinski definition) is 0. The van der Waals surface area contributed by atoms with E-state index < -0.39 is 12.1 Å². The van der Waals surface area contributed by atoms with E-state index in [0.29, 0.717) is 19.3 Å². The van der Waals surface area contributed by atoms with Crippen LogP contribution in [0.15, 0.2) is 122 Å². The molecule has 0 aliphatic carbocycles. The molecule has 0 fully saturated rings. The first-order valence-electron chi connectivity index (χ1n) is 27.5. The average molecular weight is 941 g/mol. The van der Waals surface area contributed by atoms with Crippen molar-refractivity contribution in [1.82, 2.24) is 0 Å². The monoisotopic (exact) mass is 941 g/mol. The predicted molar refractivity (Wildman–Crippen MR) is 293 cm³/mol. The Morgan fingerprint density at radius 1 is 0.309 bits per heavy atom. The molecule has 6 heteroatoms. The van der Waals surface area contributed by atoms with Gasteiger partial charge in [0.25, 0.3) is 0 Å². The van der Waals surface area contributed by atoms with Gasteiger partial charge >= 0.3 is 17.9 Å². The van der Waals surface area contributed by atoms with E-state index in [4.69, 9.17) is 14.2 Å². The van der Waals surface area contributed by atoms with Crippen LogP contribution in [0, 0.1) is 0 Å². The molecule has 0 amide bonds. The molecule has 0 bridgehead atoms. The van der Waals surface area contributed by atoms with Gasteiger partial charge in [0.05, 0.1) is 0 Å². The van der Waals surface area contributed by atoms with Crippen LogP contribution in [0.4, 0.5) is 0 Å². The quantitative estimate of drug-likeness (QED) is 0.0262. The molecule has 0 heterocycles. The van der Waals surface area contributed by atoms with E-state index in [0.717, 1.165) is 116 Å². The van der Waals surface area contributed by atoms with E-state index in [1.165, 1.54) is 70.6 Å². The standard InChI is InChI=1S/C62H100O6/c1-4-7-10-13-16-19-22-25-28-31-32-35-37-40-43-46-49-52-55-61(64)67-58-59(68-62(65)56-53-50-47-44-41-38-34-30-27-24-21-18-15-12-9-6-3)57-66-60(63)54-51-48-45-42-39-36-33-29-26-23-20-17-14-11-8-5-2/h8-9,11-12,17-18,20-21,26-27,29-30,32,35-36,38-39,41,47,50,59H,4-7,10,13-16,19,22-25,28,31,33-34,37,40,42-46,48-49,51-58H2,1-3H3/b11-8-,12-9-,20-17-,21-18-,29-26-,30-27-,35-32-,39-36-,41-38-,50-47-. The number of hydrogen-bond acceptors (Lipinski definition) is 6. The Kier molecular flexibility index (Phi) is 52.0. The summed E-state index contributed by atoms with van der Waals surface area (Å²) in [6, 6.07) is 0. The second-order valence-electron chi connectivity index (χ2n) is 17.7. The fourth-order valence-electron chi connectivity index (χ4n) is 7.12. The minimum Gasteiger partial charge on any atom is -0.462 e. The number of rotatable bonds is 48. The third kappa shape index (κ3) is 52.8.